The Balaban J connectivity index is 1.60. The Morgan fingerprint density at radius 3 is 2.58 bits per heavy atom. The van der Waals surface area contributed by atoms with Crippen molar-refractivity contribution in [3.05, 3.63) is 30.3 Å². The molecule has 1 fully saturated rings. The minimum atomic E-state index is -3.51. The van der Waals surface area contributed by atoms with Gasteiger partial charge in [-0.25, -0.2) is 8.42 Å². The number of hydrogen-bond acceptors (Lipinski definition) is 5. The molecular weight excluding hydrogens is 330 g/mol. The van der Waals surface area contributed by atoms with E-state index in [0.29, 0.717) is 12.2 Å². The second-order valence-electron chi connectivity index (χ2n) is 5.69. The maximum Gasteiger partial charge on any atom is 0.233 e. The van der Waals surface area contributed by atoms with E-state index in [-0.39, 0.29) is 18.1 Å². The molecule has 7 nitrogen and oxygen atoms in total. The minimum Gasteiger partial charge on any atom is -0.379 e. The standard InChI is InChI=1S/C16H25N3O4S/c20-16(17-8-4-9-19-10-12-23-13-11-19)7-14-24(21,22)18-15-5-2-1-3-6-15/h1-3,5-6,18H,4,7-14H2,(H,17,20). The van der Waals surface area contributed by atoms with Crippen molar-refractivity contribution in [1.82, 2.24) is 10.2 Å². The lowest BCUT2D eigenvalue weighted by atomic mass is 10.3. The molecule has 1 saturated heterocycles. The van der Waals surface area contributed by atoms with E-state index in [1.54, 1.807) is 24.3 Å². The lowest BCUT2D eigenvalue weighted by Crippen LogP contribution is -2.38. The summed E-state index contributed by atoms with van der Waals surface area (Å²) in [4.78, 5) is 14.1. The Morgan fingerprint density at radius 1 is 1.17 bits per heavy atom. The Bertz CT molecular complexity index is 601. The third-order valence-corrected chi connectivity index (χ3v) is 5.01. The van der Waals surface area contributed by atoms with E-state index < -0.39 is 10.0 Å². The fourth-order valence-corrected chi connectivity index (χ4v) is 3.46. The fraction of sp³-hybridized carbons (Fsp3) is 0.562. The molecule has 134 valence electrons. The zero-order chi connectivity index (χ0) is 17.3. The number of ether oxygens (including phenoxy) is 1. The van der Waals surface area contributed by atoms with Gasteiger partial charge in [0.15, 0.2) is 0 Å². The molecule has 0 aromatic heterocycles. The average Bonchev–Trinajstić information content (AvgIpc) is 2.58. The summed E-state index contributed by atoms with van der Waals surface area (Å²) in [6.07, 6.45) is 0.806. The molecule has 1 amide bonds. The molecule has 2 N–H and O–H groups in total. The number of benzene rings is 1. The van der Waals surface area contributed by atoms with E-state index in [4.69, 9.17) is 4.74 Å². The summed E-state index contributed by atoms with van der Waals surface area (Å²) in [5.41, 5.74) is 0.503. The van der Waals surface area contributed by atoms with E-state index >= 15 is 0 Å². The number of carbonyl (C=O) groups excluding carboxylic acids is 1. The van der Waals surface area contributed by atoms with Crippen molar-refractivity contribution < 1.29 is 17.9 Å². The van der Waals surface area contributed by atoms with E-state index in [2.05, 4.69) is 14.9 Å². The van der Waals surface area contributed by atoms with Gasteiger partial charge in [-0.3, -0.25) is 14.4 Å². The number of nitrogens with one attached hydrogen (secondary N) is 2. The van der Waals surface area contributed by atoms with Crippen LogP contribution < -0.4 is 10.0 Å². The average molecular weight is 355 g/mol. The van der Waals surface area contributed by atoms with Crippen molar-refractivity contribution >= 4 is 21.6 Å². The van der Waals surface area contributed by atoms with Gasteiger partial charge in [0.25, 0.3) is 0 Å². The van der Waals surface area contributed by atoms with Crippen LogP contribution in [0.25, 0.3) is 0 Å². The highest BCUT2D eigenvalue weighted by Gasteiger charge is 2.13. The molecule has 24 heavy (non-hydrogen) atoms. The van der Waals surface area contributed by atoms with Crippen LogP contribution in [0.15, 0.2) is 30.3 Å². The number of para-hydroxylation sites is 1. The topological polar surface area (TPSA) is 87.7 Å². The number of anilines is 1. The number of hydrogen-bond donors (Lipinski definition) is 2. The highest BCUT2D eigenvalue weighted by atomic mass is 32.2. The van der Waals surface area contributed by atoms with Crippen molar-refractivity contribution in [2.45, 2.75) is 12.8 Å². The van der Waals surface area contributed by atoms with Crippen molar-refractivity contribution in [2.75, 3.05) is 49.9 Å². The maximum atomic E-state index is 11.9. The third-order valence-electron chi connectivity index (χ3n) is 3.72. The van der Waals surface area contributed by atoms with Gasteiger partial charge in [0, 0.05) is 31.7 Å². The molecule has 8 heteroatoms. The van der Waals surface area contributed by atoms with Crippen molar-refractivity contribution in [1.29, 1.82) is 0 Å². The Labute approximate surface area is 143 Å². The van der Waals surface area contributed by atoms with Gasteiger partial charge in [-0.05, 0) is 25.1 Å². The van der Waals surface area contributed by atoms with E-state index in [9.17, 15) is 13.2 Å². The first-order valence-electron chi connectivity index (χ1n) is 8.17. The highest BCUT2D eigenvalue weighted by Crippen LogP contribution is 2.08. The fourth-order valence-electron chi connectivity index (χ4n) is 2.41. The molecule has 2 rings (SSSR count). The number of morpholine rings is 1. The Morgan fingerprint density at radius 2 is 1.88 bits per heavy atom. The van der Waals surface area contributed by atoms with Gasteiger partial charge >= 0.3 is 0 Å². The van der Waals surface area contributed by atoms with Crippen LogP contribution in [0, 0.1) is 0 Å². The lowest BCUT2D eigenvalue weighted by Gasteiger charge is -2.26. The first-order valence-corrected chi connectivity index (χ1v) is 9.83. The van der Waals surface area contributed by atoms with Gasteiger partial charge in [0.05, 0.1) is 19.0 Å². The quantitative estimate of drug-likeness (QED) is 0.635. The Kier molecular flexibility index (Phi) is 7.48. The van der Waals surface area contributed by atoms with E-state index in [1.165, 1.54) is 0 Å². The lowest BCUT2D eigenvalue weighted by molar-refractivity contribution is -0.120. The summed E-state index contributed by atoms with van der Waals surface area (Å²) in [6.45, 7) is 4.85. The first-order chi connectivity index (χ1) is 11.6. The molecule has 0 saturated carbocycles. The van der Waals surface area contributed by atoms with Crippen molar-refractivity contribution in [2.24, 2.45) is 0 Å². The molecule has 1 aliphatic heterocycles. The predicted molar refractivity (Wildman–Crippen MR) is 93.4 cm³/mol. The molecule has 0 unspecified atom stereocenters. The molecule has 0 bridgehead atoms. The molecule has 0 radical (unpaired) electrons. The van der Waals surface area contributed by atoms with Crippen LogP contribution in [0.5, 0.6) is 0 Å². The minimum absolute atomic E-state index is 0.0419. The molecule has 0 aliphatic carbocycles. The van der Waals surface area contributed by atoms with Gasteiger partial charge in [-0.1, -0.05) is 18.2 Å². The normalized spacial score (nSPS) is 15.8. The van der Waals surface area contributed by atoms with Crippen LogP contribution >= 0.6 is 0 Å². The molecule has 1 aromatic rings. The second-order valence-corrected chi connectivity index (χ2v) is 7.54. The number of carbonyl (C=O) groups is 1. The van der Waals surface area contributed by atoms with E-state index in [1.807, 2.05) is 6.07 Å². The van der Waals surface area contributed by atoms with Crippen LogP contribution in [-0.4, -0.2) is 64.4 Å². The zero-order valence-electron chi connectivity index (χ0n) is 13.7. The second kappa shape index (κ2) is 9.61. The Hall–Kier alpha value is -1.64. The van der Waals surface area contributed by atoms with Gasteiger partial charge in [0.2, 0.25) is 15.9 Å². The molecule has 0 spiro atoms. The monoisotopic (exact) mass is 355 g/mol. The summed E-state index contributed by atoms with van der Waals surface area (Å²) in [7, 11) is -3.51. The van der Waals surface area contributed by atoms with Gasteiger partial charge < -0.3 is 10.1 Å². The molecule has 1 aromatic carbocycles. The predicted octanol–water partition coefficient (Wildman–Crippen LogP) is 0.657. The van der Waals surface area contributed by atoms with Crippen LogP contribution in [0.3, 0.4) is 0 Å². The van der Waals surface area contributed by atoms with Gasteiger partial charge in [-0.2, -0.15) is 0 Å². The maximum absolute atomic E-state index is 11.9. The largest absolute Gasteiger partial charge is 0.379 e. The summed E-state index contributed by atoms with van der Waals surface area (Å²) in [5.74, 6) is -0.465. The SMILES string of the molecule is O=C(CCS(=O)(=O)Nc1ccccc1)NCCCN1CCOCC1. The van der Waals surface area contributed by atoms with E-state index in [0.717, 1.165) is 39.3 Å². The van der Waals surface area contributed by atoms with Crippen LogP contribution in [0.2, 0.25) is 0 Å². The molecule has 1 aliphatic rings. The third kappa shape index (κ3) is 7.29. The van der Waals surface area contributed by atoms with Crippen LogP contribution in [0.4, 0.5) is 5.69 Å². The zero-order valence-corrected chi connectivity index (χ0v) is 14.6. The smallest absolute Gasteiger partial charge is 0.233 e. The van der Waals surface area contributed by atoms with Crippen LogP contribution in [-0.2, 0) is 19.6 Å². The van der Waals surface area contributed by atoms with Crippen molar-refractivity contribution in [3.63, 3.8) is 0 Å². The van der Waals surface area contributed by atoms with Crippen LogP contribution in [0.1, 0.15) is 12.8 Å². The first kappa shape index (κ1) is 18.7. The summed E-state index contributed by atoms with van der Waals surface area (Å²) >= 11 is 0. The number of amides is 1. The molecular formula is C16H25N3O4S. The number of nitrogens with zero attached hydrogens (tertiary/aromatic N) is 1. The molecule has 1 heterocycles. The summed E-state index contributed by atoms with van der Waals surface area (Å²) in [6, 6.07) is 8.65. The molecule has 0 atom stereocenters. The number of sulfonamides is 1. The number of rotatable bonds is 9. The van der Waals surface area contributed by atoms with Gasteiger partial charge in [0.1, 0.15) is 0 Å². The summed E-state index contributed by atoms with van der Waals surface area (Å²) < 4.78 is 31.6. The highest BCUT2D eigenvalue weighted by molar-refractivity contribution is 7.92. The van der Waals surface area contributed by atoms with Crippen molar-refractivity contribution in [3.8, 4) is 0 Å². The summed E-state index contributed by atoms with van der Waals surface area (Å²) in [5, 5.41) is 2.77. The van der Waals surface area contributed by atoms with Gasteiger partial charge in [-0.15, -0.1) is 0 Å².